The molecule has 1 aliphatic carbocycles. The van der Waals surface area contributed by atoms with Crippen LogP contribution in [0.5, 0.6) is 0 Å². The third-order valence-corrected chi connectivity index (χ3v) is 3.09. The van der Waals surface area contributed by atoms with E-state index in [-0.39, 0.29) is 5.97 Å². The van der Waals surface area contributed by atoms with E-state index in [9.17, 15) is 4.79 Å². The van der Waals surface area contributed by atoms with Gasteiger partial charge in [-0.05, 0) is 31.4 Å². The summed E-state index contributed by atoms with van der Waals surface area (Å²) in [6, 6.07) is 3.83. The van der Waals surface area contributed by atoms with Crippen molar-refractivity contribution in [1.82, 2.24) is 4.98 Å². The summed E-state index contributed by atoms with van der Waals surface area (Å²) in [7, 11) is 0. The summed E-state index contributed by atoms with van der Waals surface area (Å²) in [6.45, 7) is 2.29. The van der Waals surface area contributed by atoms with Crippen LogP contribution in [0.25, 0.3) is 0 Å². The number of hydrogen-bond acceptors (Lipinski definition) is 3. The van der Waals surface area contributed by atoms with Gasteiger partial charge in [0.25, 0.3) is 0 Å². The summed E-state index contributed by atoms with van der Waals surface area (Å²) >= 11 is 0. The molecule has 1 aromatic rings. The number of rotatable bonds is 3. The molecule has 2 rings (SSSR count). The maximum atomic E-state index is 11.9. The van der Waals surface area contributed by atoms with E-state index in [1.165, 1.54) is 0 Å². The Morgan fingerprint density at radius 1 is 1.60 bits per heavy atom. The van der Waals surface area contributed by atoms with Crippen LogP contribution in [-0.4, -0.2) is 17.6 Å². The van der Waals surface area contributed by atoms with Crippen LogP contribution in [0.15, 0.2) is 24.5 Å². The molecule has 3 heteroatoms. The van der Waals surface area contributed by atoms with Crippen LogP contribution in [0, 0.1) is 0 Å². The first-order valence-electron chi connectivity index (χ1n) is 5.37. The molecule has 0 spiro atoms. The Bertz CT molecular complexity index is 344. The van der Waals surface area contributed by atoms with Gasteiger partial charge < -0.3 is 4.74 Å². The van der Waals surface area contributed by atoms with Crippen LogP contribution >= 0.6 is 0 Å². The van der Waals surface area contributed by atoms with E-state index in [1.807, 2.05) is 19.1 Å². The highest BCUT2D eigenvalue weighted by Gasteiger charge is 2.47. The maximum Gasteiger partial charge on any atom is 0.316 e. The molecule has 0 unspecified atom stereocenters. The van der Waals surface area contributed by atoms with Gasteiger partial charge in [0.1, 0.15) is 0 Å². The largest absolute Gasteiger partial charge is 0.465 e. The molecule has 1 heterocycles. The highest BCUT2D eigenvalue weighted by atomic mass is 16.5. The highest BCUT2D eigenvalue weighted by Crippen LogP contribution is 2.44. The van der Waals surface area contributed by atoms with Crippen LogP contribution in [-0.2, 0) is 14.9 Å². The smallest absolute Gasteiger partial charge is 0.316 e. The van der Waals surface area contributed by atoms with Gasteiger partial charge in [0.15, 0.2) is 0 Å². The Kier molecular flexibility index (Phi) is 2.71. The third-order valence-electron chi connectivity index (χ3n) is 3.09. The molecule has 0 amide bonds. The van der Waals surface area contributed by atoms with Gasteiger partial charge in [-0.1, -0.05) is 12.5 Å². The Morgan fingerprint density at radius 2 is 2.40 bits per heavy atom. The van der Waals surface area contributed by atoms with Crippen molar-refractivity contribution < 1.29 is 9.53 Å². The van der Waals surface area contributed by atoms with Gasteiger partial charge in [-0.3, -0.25) is 9.78 Å². The number of carbonyl (C=O) groups is 1. The number of ether oxygens (including phenoxy) is 1. The van der Waals surface area contributed by atoms with Gasteiger partial charge in [-0.15, -0.1) is 0 Å². The van der Waals surface area contributed by atoms with Gasteiger partial charge in [0.05, 0.1) is 12.0 Å². The van der Waals surface area contributed by atoms with Crippen LogP contribution in [0.1, 0.15) is 31.7 Å². The van der Waals surface area contributed by atoms with Crippen LogP contribution < -0.4 is 0 Å². The molecule has 80 valence electrons. The minimum atomic E-state index is -0.399. The third kappa shape index (κ3) is 1.62. The summed E-state index contributed by atoms with van der Waals surface area (Å²) < 4.78 is 5.14. The summed E-state index contributed by atoms with van der Waals surface area (Å²) in [4.78, 5) is 16.0. The van der Waals surface area contributed by atoms with E-state index in [1.54, 1.807) is 12.4 Å². The summed E-state index contributed by atoms with van der Waals surface area (Å²) in [5.74, 6) is -0.0933. The van der Waals surface area contributed by atoms with Crippen molar-refractivity contribution in [2.75, 3.05) is 6.61 Å². The van der Waals surface area contributed by atoms with Crippen molar-refractivity contribution in [2.24, 2.45) is 0 Å². The number of aromatic nitrogens is 1. The van der Waals surface area contributed by atoms with Crippen molar-refractivity contribution in [2.45, 2.75) is 31.6 Å². The van der Waals surface area contributed by atoms with E-state index >= 15 is 0 Å². The lowest BCUT2D eigenvalue weighted by molar-refractivity contribution is -0.153. The molecule has 0 saturated heterocycles. The molecule has 1 aliphatic rings. The Morgan fingerprint density at radius 3 is 2.87 bits per heavy atom. The van der Waals surface area contributed by atoms with Crippen LogP contribution in [0.3, 0.4) is 0 Å². The first-order chi connectivity index (χ1) is 7.29. The maximum absolute atomic E-state index is 11.9. The number of pyridine rings is 1. The topological polar surface area (TPSA) is 39.2 Å². The molecule has 1 aromatic heterocycles. The number of nitrogens with zero attached hydrogens (tertiary/aromatic N) is 1. The van der Waals surface area contributed by atoms with E-state index in [0.29, 0.717) is 6.61 Å². The summed E-state index contributed by atoms with van der Waals surface area (Å²) in [5.41, 5.74) is 0.597. The second-order valence-corrected chi connectivity index (χ2v) is 3.90. The monoisotopic (exact) mass is 205 g/mol. The average molecular weight is 205 g/mol. The molecular weight excluding hydrogens is 190 g/mol. The Balaban J connectivity index is 2.26. The fourth-order valence-corrected chi connectivity index (χ4v) is 2.06. The van der Waals surface area contributed by atoms with Gasteiger partial charge in [-0.25, -0.2) is 0 Å². The SMILES string of the molecule is CCOC(=O)C1(c2cccnc2)CCC1. The molecule has 15 heavy (non-hydrogen) atoms. The van der Waals surface area contributed by atoms with Gasteiger partial charge in [-0.2, -0.15) is 0 Å². The summed E-state index contributed by atoms with van der Waals surface area (Å²) in [5, 5.41) is 0. The zero-order valence-electron chi connectivity index (χ0n) is 8.90. The second-order valence-electron chi connectivity index (χ2n) is 3.90. The lowest BCUT2D eigenvalue weighted by atomic mass is 9.65. The molecular formula is C12H15NO2. The predicted molar refractivity (Wildman–Crippen MR) is 56.4 cm³/mol. The highest BCUT2D eigenvalue weighted by molar-refractivity contribution is 5.84. The standard InChI is InChI=1S/C12H15NO2/c1-2-15-11(14)12(6-4-7-12)10-5-3-8-13-9-10/h3,5,8-9H,2,4,6-7H2,1H3. The quantitative estimate of drug-likeness (QED) is 0.709. The first kappa shape index (κ1) is 10.1. The zero-order chi connectivity index (χ0) is 10.7. The van der Waals surface area contributed by atoms with Crippen molar-refractivity contribution in [3.8, 4) is 0 Å². The number of carbonyl (C=O) groups excluding carboxylic acids is 1. The lowest BCUT2D eigenvalue weighted by Crippen LogP contribution is -2.43. The molecule has 0 radical (unpaired) electrons. The molecule has 0 aliphatic heterocycles. The fourth-order valence-electron chi connectivity index (χ4n) is 2.06. The van der Waals surface area contributed by atoms with E-state index < -0.39 is 5.41 Å². The minimum absolute atomic E-state index is 0.0933. The minimum Gasteiger partial charge on any atom is -0.465 e. The molecule has 0 atom stereocenters. The zero-order valence-corrected chi connectivity index (χ0v) is 8.90. The van der Waals surface area contributed by atoms with Crippen molar-refractivity contribution in [3.63, 3.8) is 0 Å². The molecule has 0 N–H and O–H groups in total. The van der Waals surface area contributed by atoms with Crippen LogP contribution in [0.4, 0.5) is 0 Å². The van der Waals surface area contributed by atoms with Crippen molar-refractivity contribution in [1.29, 1.82) is 0 Å². The molecule has 0 bridgehead atoms. The van der Waals surface area contributed by atoms with E-state index in [2.05, 4.69) is 4.98 Å². The van der Waals surface area contributed by atoms with Crippen LogP contribution in [0.2, 0.25) is 0 Å². The van der Waals surface area contributed by atoms with Gasteiger partial charge >= 0.3 is 5.97 Å². The number of hydrogen-bond donors (Lipinski definition) is 0. The average Bonchev–Trinajstić information content (AvgIpc) is 2.18. The van der Waals surface area contributed by atoms with Gasteiger partial charge in [0, 0.05) is 12.4 Å². The van der Waals surface area contributed by atoms with Crippen molar-refractivity contribution >= 4 is 5.97 Å². The molecule has 0 aromatic carbocycles. The van der Waals surface area contributed by atoms with E-state index in [0.717, 1.165) is 24.8 Å². The normalized spacial score (nSPS) is 17.9. The predicted octanol–water partition coefficient (Wildman–Crippen LogP) is 2.07. The Hall–Kier alpha value is -1.38. The molecule has 1 saturated carbocycles. The number of esters is 1. The van der Waals surface area contributed by atoms with Gasteiger partial charge in [0.2, 0.25) is 0 Å². The Labute approximate surface area is 89.5 Å². The fraction of sp³-hybridized carbons (Fsp3) is 0.500. The van der Waals surface area contributed by atoms with E-state index in [4.69, 9.17) is 4.74 Å². The first-order valence-corrected chi connectivity index (χ1v) is 5.37. The van der Waals surface area contributed by atoms with Crippen molar-refractivity contribution in [3.05, 3.63) is 30.1 Å². The lowest BCUT2D eigenvalue weighted by Gasteiger charge is -2.39. The summed E-state index contributed by atoms with van der Waals surface area (Å²) in [6.07, 6.45) is 6.36. The molecule has 3 nitrogen and oxygen atoms in total. The molecule has 1 fully saturated rings. The second kappa shape index (κ2) is 4.01.